The lowest BCUT2D eigenvalue weighted by atomic mass is 10.00. The quantitative estimate of drug-likeness (QED) is 0.837. The third-order valence-corrected chi connectivity index (χ3v) is 4.24. The Morgan fingerprint density at radius 2 is 2.10 bits per heavy atom. The molecule has 0 saturated carbocycles. The summed E-state index contributed by atoms with van der Waals surface area (Å²) in [4.78, 5) is 2.37. The van der Waals surface area contributed by atoms with E-state index in [0.29, 0.717) is 6.61 Å². The van der Waals surface area contributed by atoms with Gasteiger partial charge in [-0.15, -0.1) is 0 Å². The average Bonchev–Trinajstić information content (AvgIpc) is 2.49. The predicted molar refractivity (Wildman–Crippen MR) is 86.3 cm³/mol. The molecule has 1 aromatic rings. The normalized spacial score (nSPS) is 22.9. The third-order valence-electron chi connectivity index (χ3n) is 4.24. The summed E-state index contributed by atoms with van der Waals surface area (Å²) in [5.74, 6) is 0.750. The van der Waals surface area contributed by atoms with Crippen molar-refractivity contribution in [2.45, 2.75) is 45.3 Å². The summed E-state index contributed by atoms with van der Waals surface area (Å²) in [5.41, 5.74) is 1.19. The molecule has 0 radical (unpaired) electrons. The summed E-state index contributed by atoms with van der Waals surface area (Å²) >= 11 is 0. The lowest BCUT2D eigenvalue weighted by Crippen LogP contribution is -2.40. The van der Waals surface area contributed by atoms with Gasteiger partial charge in [-0.3, -0.25) is 0 Å². The van der Waals surface area contributed by atoms with Crippen LogP contribution in [0.2, 0.25) is 0 Å². The van der Waals surface area contributed by atoms with Gasteiger partial charge in [-0.05, 0) is 37.3 Å². The molecule has 0 spiro atoms. The number of benzene rings is 1. The van der Waals surface area contributed by atoms with Crippen molar-refractivity contribution in [2.75, 3.05) is 26.2 Å². The van der Waals surface area contributed by atoms with E-state index in [1.165, 1.54) is 18.4 Å². The van der Waals surface area contributed by atoms with E-state index in [-0.39, 0.29) is 6.10 Å². The van der Waals surface area contributed by atoms with Crippen LogP contribution in [0, 0.1) is 5.92 Å². The first kappa shape index (κ1) is 16.5. The first-order valence-corrected chi connectivity index (χ1v) is 8.26. The minimum absolute atomic E-state index is 0.0844. The van der Waals surface area contributed by atoms with E-state index >= 15 is 0 Å². The molecule has 1 saturated heterocycles. The van der Waals surface area contributed by atoms with Crippen LogP contribution in [0.15, 0.2) is 30.3 Å². The van der Waals surface area contributed by atoms with Crippen LogP contribution in [-0.2, 0) is 4.74 Å². The highest BCUT2D eigenvalue weighted by Gasteiger charge is 2.20. The van der Waals surface area contributed by atoms with Gasteiger partial charge in [0.15, 0.2) is 0 Å². The largest absolute Gasteiger partial charge is 0.389 e. The van der Waals surface area contributed by atoms with Gasteiger partial charge in [-0.1, -0.05) is 44.2 Å². The monoisotopic (exact) mass is 291 g/mol. The highest BCUT2D eigenvalue weighted by Crippen LogP contribution is 2.21. The molecule has 0 aliphatic carbocycles. The van der Waals surface area contributed by atoms with Gasteiger partial charge in [-0.2, -0.15) is 0 Å². The maximum absolute atomic E-state index is 10.2. The minimum atomic E-state index is -0.395. The molecule has 3 nitrogen and oxygen atoms in total. The van der Waals surface area contributed by atoms with E-state index in [4.69, 9.17) is 4.74 Å². The van der Waals surface area contributed by atoms with Crippen molar-refractivity contribution in [1.29, 1.82) is 0 Å². The van der Waals surface area contributed by atoms with Gasteiger partial charge in [0.25, 0.3) is 0 Å². The number of ether oxygens (including phenoxy) is 1. The molecule has 2 rings (SSSR count). The number of β-amino-alcohol motifs (C(OH)–C–C–N with tert-alkyl or cyclic N) is 1. The smallest absolute Gasteiger partial charge is 0.0900 e. The zero-order valence-corrected chi connectivity index (χ0v) is 13.4. The molecule has 1 heterocycles. The summed E-state index contributed by atoms with van der Waals surface area (Å²) in [5, 5.41) is 10.2. The van der Waals surface area contributed by atoms with E-state index in [1.807, 2.05) is 18.2 Å². The number of hydrogen-bond acceptors (Lipinski definition) is 3. The fourth-order valence-electron chi connectivity index (χ4n) is 3.15. The molecule has 3 heteroatoms. The summed E-state index contributed by atoms with van der Waals surface area (Å²) in [6, 6.07) is 10.3. The van der Waals surface area contributed by atoms with Crippen LogP contribution in [-0.4, -0.2) is 42.4 Å². The molecule has 0 amide bonds. The van der Waals surface area contributed by atoms with Crippen LogP contribution in [0.4, 0.5) is 0 Å². The molecule has 1 aliphatic heterocycles. The SMILES string of the molecule is CC[C@H](OC[C@H](O)CN1CCC[C@H](C)C1)c1ccccc1. The molecule has 1 N–H and O–H groups in total. The summed E-state index contributed by atoms with van der Waals surface area (Å²) in [6.45, 7) is 7.77. The molecule has 1 fully saturated rings. The van der Waals surface area contributed by atoms with Gasteiger partial charge < -0.3 is 14.7 Å². The van der Waals surface area contributed by atoms with Crippen LogP contribution in [0.25, 0.3) is 0 Å². The summed E-state index contributed by atoms with van der Waals surface area (Å²) in [7, 11) is 0. The van der Waals surface area contributed by atoms with Crippen molar-refractivity contribution < 1.29 is 9.84 Å². The third kappa shape index (κ3) is 5.42. The Morgan fingerprint density at radius 1 is 1.33 bits per heavy atom. The van der Waals surface area contributed by atoms with Crippen molar-refractivity contribution in [3.63, 3.8) is 0 Å². The number of rotatable bonds is 7. The maximum Gasteiger partial charge on any atom is 0.0900 e. The van der Waals surface area contributed by atoms with E-state index < -0.39 is 6.10 Å². The second-order valence-electron chi connectivity index (χ2n) is 6.30. The van der Waals surface area contributed by atoms with E-state index in [1.54, 1.807) is 0 Å². The standard InChI is InChI=1S/C18H29NO2/c1-3-18(16-9-5-4-6-10-16)21-14-17(20)13-19-11-7-8-15(2)12-19/h4-6,9-10,15,17-18,20H,3,7-8,11-14H2,1-2H3/t15-,17+,18-/m0/s1. The molecule has 21 heavy (non-hydrogen) atoms. The molecular weight excluding hydrogens is 262 g/mol. The lowest BCUT2D eigenvalue weighted by molar-refractivity contribution is -0.0271. The van der Waals surface area contributed by atoms with Crippen LogP contribution < -0.4 is 0 Å². The van der Waals surface area contributed by atoms with Gasteiger partial charge in [0, 0.05) is 13.1 Å². The first-order chi connectivity index (χ1) is 10.2. The van der Waals surface area contributed by atoms with Gasteiger partial charge in [-0.25, -0.2) is 0 Å². The number of hydrogen-bond donors (Lipinski definition) is 1. The lowest BCUT2D eigenvalue weighted by Gasteiger charge is -2.32. The molecule has 1 aliphatic rings. The topological polar surface area (TPSA) is 32.7 Å². The predicted octanol–water partition coefficient (Wildman–Crippen LogP) is 3.25. The van der Waals surface area contributed by atoms with E-state index in [0.717, 1.165) is 32.0 Å². The molecule has 118 valence electrons. The Kier molecular flexibility index (Phi) is 6.68. The van der Waals surface area contributed by atoms with Crippen molar-refractivity contribution in [3.8, 4) is 0 Å². The highest BCUT2D eigenvalue weighted by molar-refractivity contribution is 5.17. The second-order valence-corrected chi connectivity index (χ2v) is 6.30. The van der Waals surface area contributed by atoms with E-state index in [2.05, 4.69) is 30.9 Å². The molecule has 1 aromatic carbocycles. The number of aliphatic hydroxyl groups is 1. The van der Waals surface area contributed by atoms with Crippen molar-refractivity contribution in [1.82, 2.24) is 4.90 Å². The highest BCUT2D eigenvalue weighted by atomic mass is 16.5. The van der Waals surface area contributed by atoms with Gasteiger partial charge in [0.1, 0.15) is 0 Å². The van der Waals surface area contributed by atoms with Crippen molar-refractivity contribution in [2.24, 2.45) is 5.92 Å². The molecule has 3 atom stereocenters. The van der Waals surface area contributed by atoms with Crippen molar-refractivity contribution in [3.05, 3.63) is 35.9 Å². The fraction of sp³-hybridized carbons (Fsp3) is 0.667. The minimum Gasteiger partial charge on any atom is -0.389 e. The Labute approximate surface area is 128 Å². The van der Waals surface area contributed by atoms with Crippen molar-refractivity contribution >= 4 is 0 Å². The molecule has 0 aromatic heterocycles. The Bertz CT molecular complexity index is 395. The number of likely N-dealkylation sites (tertiary alicyclic amines) is 1. The molecular formula is C18H29NO2. The Morgan fingerprint density at radius 3 is 2.76 bits per heavy atom. The zero-order chi connectivity index (χ0) is 15.1. The number of nitrogens with zero attached hydrogens (tertiary/aromatic N) is 1. The van der Waals surface area contributed by atoms with Crippen LogP contribution in [0.1, 0.15) is 44.8 Å². The van der Waals surface area contributed by atoms with Crippen LogP contribution in [0.5, 0.6) is 0 Å². The fourth-order valence-corrected chi connectivity index (χ4v) is 3.15. The maximum atomic E-state index is 10.2. The van der Waals surface area contributed by atoms with Crippen LogP contribution >= 0.6 is 0 Å². The van der Waals surface area contributed by atoms with Gasteiger partial charge >= 0.3 is 0 Å². The van der Waals surface area contributed by atoms with Gasteiger partial charge in [0.05, 0.1) is 18.8 Å². The number of aliphatic hydroxyl groups excluding tert-OH is 1. The second kappa shape index (κ2) is 8.52. The summed E-state index contributed by atoms with van der Waals surface area (Å²) < 4.78 is 5.93. The summed E-state index contributed by atoms with van der Waals surface area (Å²) in [6.07, 6.45) is 3.18. The molecule has 0 unspecified atom stereocenters. The Hall–Kier alpha value is -0.900. The first-order valence-electron chi connectivity index (χ1n) is 8.26. The average molecular weight is 291 g/mol. The molecule has 0 bridgehead atoms. The zero-order valence-electron chi connectivity index (χ0n) is 13.4. The van der Waals surface area contributed by atoms with Crippen LogP contribution in [0.3, 0.4) is 0 Å². The van der Waals surface area contributed by atoms with E-state index in [9.17, 15) is 5.11 Å². The Balaban J connectivity index is 1.76. The number of piperidine rings is 1. The van der Waals surface area contributed by atoms with Gasteiger partial charge in [0.2, 0.25) is 0 Å².